The summed E-state index contributed by atoms with van der Waals surface area (Å²) < 4.78 is 30.0. The topological polar surface area (TPSA) is 151 Å². The minimum Gasteiger partial charge on any atom is -0.464 e. The summed E-state index contributed by atoms with van der Waals surface area (Å²) in [5.74, 6) is -1.13. The Morgan fingerprint density at radius 3 is 2.45 bits per heavy atom. The Labute approximate surface area is 313 Å². The van der Waals surface area contributed by atoms with Gasteiger partial charge < -0.3 is 39.6 Å². The molecule has 2 aromatic rings. The number of rotatable bonds is 15. The van der Waals surface area contributed by atoms with Crippen LogP contribution in [-0.4, -0.2) is 74.0 Å². The van der Waals surface area contributed by atoms with E-state index >= 15 is 0 Å². The van der Waals surface area contributed by atoms with Crippen molar-refractivity contribution in [3.8, 4) is 0 Å². The molecule has 0 radical (unpaired) electrons. The van der Waals surface area contributed by atoms with Crippen molar-refractivity contribution in [1.29, 1.82) is 0 Å². The summed E-state index contributed by atoms with van der Waals surface area (Å²) in [6, 6.07) is 13.3. The van der Waals surface area contributed by atoms with Crippen LogP contribution in [0.3, 0.4) is 0 Å². The van der Waals surface area contributed by atoms with Gasteiger partial charge in [-0.1, -0.05) is 75.6 Å². The van der Waals surface area contributed by atoms with Gasteiger partial charge in [0.15, 0.2) is 5.79 Å². The summed E-state index contributed by atoms with van der Waals surface area (Å²) in [5.41, 5.74) is 0.979. The number of hydrogen-bond donors (Lipinski definition) is 3. The third kappa shape index (κ3) is 12.6. The van der Waals surface area contributed by atoms with Crippen LogP contribution in [0, 0.1) is 11.8 Å². The number of ether oxygens (including phenoxy) is 5. The van der Waals surface area contributed by atoms with E-state index in [-0.39, 0.29) is 31.5 Å². The first-order valence-electron chi connectivity index (χ1n) is 19.7. The second kappa shape index (κ2) is 20.0. The normalized spacial score (nSPS) is 24.0. The van der Waals surface area contributed by atoms with Gasteiger partial charge in [-0.15, -0.1) is 0 Å². The molecular weight excluding hydrogens is 678 g/mol. The quantitative estimate of drug-likeness (QED) is 0.129. The second-order valence-electron chi connectivity index (χ2n) is 15.3. The van der Waals surface area contributed by atoms with Crippen LogP contribution in [0.5, 0.6) is 0 Å². The van der Waals surface area contributed by atoms with E-state index in [4.69, 9.17) is 23.7 Å². The van der Waals surface area contributed by atoms with Gasteiger partial charge in [-0.2, -0.15) is 0 Å². The van der Waals surface area contributed by atoms with E-state index in [1.807, 2.05) is 56.3 Å². The molecule has 292 valence electrons. The zero-order valence-corrected chi connectivity index (χ0v) is 31.7. The van der Waals surface area contributed by atoms with Gasteiger partial charge in [-0.05, 0) is 73.6 Å². The van der Waals surface area contributed by atoms with Crippen molar-refractivity contribution in [3.05, 3.63) is 48.0 Å². The third-order valence-corrected chi connectivity index (χ3v) is 10.5. The van der Waals surface area contributed by atoms with E-state index in [1.165, 1.54) is 19.3 Å². The molecule has 1 aliphatic carbocycles. The standard InChI is InChI=1S/C41H59N3O9/c1-4-49-38(46)36(22-28(2)3)44-37(45)20-19-32-23-34(51-40(48)43-26-31-16-10-15-30-14-8-9-18-35(30)31)24-41(52-32)21-11-17-33(53-41)27-50-39(47)42-25-29-12-6-5-7-13-29/h8-10,14-16,18,28-29,32-34,36H,4-7,11-13,17,19-27H2,1-3H3,(H,42,47)(H,43,48)(H,44,45)/t32?,33?,34?,36-,41?/m0/s1. The Kier molecular flexibility index (Phi) is 15.2. The molecule has 3 fully saturated rings. The summed E-state index contributed by atoms with van der Waals surface area (Å²) >= 11 is 0. The van der Waals surface area contributed by atoms with Crippen LogP contribution in [0.4, 0.5) is 9.59 Å². The van der Waals surface area contributed by atoms with Crippen LogP contribution >= 0.6 is 0 Å². The predicted molar refractivity (Wildman–Crippen MR) is 200 cm³/mol. The van der Waals surface area contributed by atoms with E-state index in [9.17, 15) is 19.2 Å². The van der Waals surface area contributed by atoms with E-state index in [0.29, 0.717) is 57.5 Å². The highest BCUT2D eigenvalue weighted by Gasteiger charge is 2.47. The number of esters is 1. The van der Waals surface area contributed by atoms with Crippen LogP contribution in [0.25, 0.3) is 10.8 Å². The molecular formula is C41H59N3O9. The Morgan fingerprint density at radius 1 is 0.887 bits per heavy atom. The van der Waals surface area contributed by atoms with E-state index in [2.05, 4.69) is 16.0 Å². The van der Waals surface area contributed by atoms with Gasteiger partial charge in [0.25, 0.3) is 0 Å². The van der Waals surface area contributed by atoms with Gasteiger partial charge in [0.1, 0.15) is 18.8 Å². The first kappa shape index (κ1) is 40.3. The molecule has 2 aliphatic heterocycles. The average Bonchev–Trinajstić information content (AvgIpc) is 3.14. The molecule has 2 heterocycles. The molecule has 2 saturated heterocycles. The molecule has 3 N–H and O–H groups in total. The average molecular weight is 738 g/mol. The van der Waals surface area contributed by atoms with Gasteiger partial charge in [0.05, 0.1) is 18.8 Å². The number of carbonyl (C=O) groups excluding carboxylic acids is 4. The van der Waals surface area contributed by atoms with Crippen molar-refractivity contribution >= 4 is 34.8 Å². The van der Waals surface area contributed by atoms with Crippen LogP contribution in [0.15, 0.2) is 42.5 Å². The Balaban J connectivity index is 1.20. The van der Waals surface area contributed by atoms with Gasteiger partial charge in [-0.25, -0.2) is 14.4 Å². The fourth-order valence-electron chi connectivity index (χ4n) is 7.90. The minimum atomic E-state index is -1.07. The van der Waals surface area contributed by atoms with Crippen LogP contribution in [0.2, 0.25) is 0 Å². The summed E-state index contributed by atoms with van der Waals surface area (Å²) in [7, 11) is 0. The number of amides is 3. The second-order valence-corrected chi connectivity index (χ2v) is 15.3. The van der Waals surface area contributed by atoms with Crippen molar-refractivity contribution in [2.24, 2.45) is 11.8 Å². The molecule has 12 heteroatoms. The van der Waals surface area contributed by atoms with Crippen molar-refractivity contribution in [1.82, 2.24) is 16.0 Å². The highest BCUT2D eigenvalue weighted by molar-refractivity contribution is 5.86. The molecule has 1 spiro atoms. The smallest absolute Gasteiger partial charge is 0.407 e. The molecule has 4 unspecified atom stereocenters. The molecule has 53 heavy (non-hydrogen) atoms. The fraction of sp³-hybridized carbons (Fsp3) is 0.659. The molecule has 5 atom stereocenters. The van der Waals surface area contributed by atoms with Gasteiger partial charge in [0.2, 0.25) is 5.91 Å². The maximum atomic E-state index is 13.2. The molecule has 12 nitrogen and oxygen atoms in total. The zero-order chi connectivity index (χ0) is 37.6. The first-order valence-corrected chi connectivity index (χ1v) is 19.7. The minimum absolute atomic E-state index is 0.0802. The largest absolute Gasteiger partial charge is 0.464 e. The first-order chi connectivity index (χ1) is 25.6. The summed E-state index contributed by atoms with van der Waals surface area (Å²) in [5, 5.41) is 10.8. The SMILES string of the molecule is CCOC(=O)[C@H](CC(C)C)NC(=O)CCC1CC(OC(=O)NCc2cccc3ccccc23)CC2(CCCC(COC(=O)NCC3CCCCC3)O2)O1. The van der Waals surface area contributed by atoms with Crippen molar-refractivity contribution in [2.45, 2.75) is 141 Å². The highest BCUT2D eigenvalue weighted by atomic mass is 16.7. The zero-order valence-electron chi connectivity index (χ0n) is 31.7. The maximum absolute atomic E-state index is 13.2. The Hall–Kier alpha value is -3.90. The fourth-order valence-corrected chi connectivity index (χ4v) is 7.90. The number of carbonyl (C=O) groups is 4. The van der Waals surface area contributed by atoms with Crippen LogP contribution in [0.1, 0.15) is 110 Å². The number of fused-ring (bicyclic) bond motifs is 1. The van der Waals surface area contributed by atoms with Crippen molar-refractivity contribution in [2.75, 3.05) is 19.8 Å². The Morgan fingerprint density at radius 2 is 1.66 bits per heavy atom. The molecule has 0 bridgehead atoms. The van der Waals surface area contributed by atoms with Gasteiger partial charge in [0, 0.05) is 38.8 Å². The van der Waals surface area contributed by atoms with Gasteiger partial charge in [-0.3, -0.25) is 4.79 Å². The van der Waals surface area contributed by atoms with Crippen LogP contribution in [-0.2, 0) is 39.8 Å². The maximum Gasteiger partial charge on any atom is 0.407 e. The van der Waals surface area contributed by atoms with Crippen molar-refractivity contribution < 1.29 is 42.9 Å². The molecule has 3 aliphatic rings. The number of nitrogens with one attached hydrogen (secondary N) is 3. The van der Waals surface area contributed by atoms with Crippen LogP contribution < -0.4 is 16.0 Å². The lowest BCUT2D eigenvalue weighted by Gasteiger charge is -2.47. The summed E-state index contributed by atoms with van der Waals surface area (Å²) in [6.07, 6.45) is 7.11. The number of alkyl carbamates (subject to hydrolysis) is 2. The Bertz CT molecular complexity index is 1510. The van der Waals surface area contributed by atoms with E-state index in [0.717, 1.165) is 35.6 Å². The lowest BCUT2D eigenvalue weighted by Crippen LogP contribution is -2.54. The molecule has 1 saturated carbocycles. The monoisotopic (exact) mass is 737 g/mol. The number of benzene rings is 2. The van der Waals surface area contributed by atoms with E-state index < -0.39 is 48.3 Å². The molecule has 0 aromatic heterocycles. The molecule has 3 amide bonds. The third-order valence-electron chi connectivity index (χ3n) is 10.5. The lowest BCUT2D eigenvalue weighted by atomic mass is 9.89. The van der Waals surface area contributed by atoms with Gasteiger partial charge >= 0.3 is 18.2 Å². The number of hydrogen-bond acceptors (Lipinski definition) is 9. The molecule has 2 aromatic carbocycles. The molecule has 5 rings (SSSR count). The van der Waals surface area contributed by atoms with E-state index in [1.54, 1.807) is 6.92 Å². The van der Waals surface area contributed by atoms with Crippen molar-refractivity contribution in [3.63, 3.8) is 0 Å². The summed E-state index contributed by atoms with van der Waals surface area (Å²) in [6.45, 7) is 6.94. The summed E-state index contributed by atoms with van der Waals surface area (Å²) in [4.78, 5) is 51.5. The predicted octanol–water partition coefficient (Wildman–Crippen LogP) is 7.06. The highest BCUT2D eigenvalue weighted by Crippen LogP contribution is 2.41. The lowest BCUT2D eigenvalue weighted by molar-refractivity contribution is -0.329.